The third-order valence-corrected chi connectivity index (χ3v) is 18.0. The van der Waals surface area contributed by atoms with Crippen molar-refractivity contribution in [2.75, 3.05) is 39.6 Å². The second kappa shape index (κ2) is 60.3. The predicted octanol–water partition coefficient (Wildman–Crippen LogP) is 19.2. The molecule has 0 aliphatic heterocycles. The van der Waals surface area contributed by atoms with E-state index < -0.39 is 97.5 Å². The lowest BCUT2D eigenvalue weighted by atomic mass is 9.99. The van der Waals surface area contributed by atoms with Gasteiger partial charge in [-0.1, -0.05) is 292 Å². The fraction of sp³-hybridized carbons (Fsp3) is 0.941. The van der Waals surface area contributed by atoms with Gasteiger partial charge >= 0.3 is 39.5 Å². The molecule has 0 aromatic carbocycles. The van der Waals surface area contributed by atoms with Crippen LogP contribution in [0.4, 0.5) is 0 Å². The second-order valence-corrected chi connectivity index (χ2v) is 28.2. The Labute approximate surface area is 530 Å². The molecule has 17 nitrogen and oxygen atoms in total. The maximum Gasteiger partial charge on any atom is 0.472 e. The van der Waals surface area contributed by atoms with Crippen LogP contribution in [0.2, 0.25) is 0 Å². The quantitative estimate of drug-likeness (QED) is 0.0222. The van der Waals surface area contributed by atoms with Crippen molar-refractivity contribution in [2.45, 2.75) is 362 Å². The largest absolute Gasteiger partial charge is 0.472 e. The van der Waals surface area contributed by atoms with Gasteiger partial charge in [-0.3, -0.25) is 37.3 Å². The molecule has 0 aromatic heterocycles. The average Bonchev–Trinajstić information content (AvgIpc) is 3.50. The number of aliphatic hydroxyl groups is 1. The highest BCUT2D eigenvalue weighted by Gasteiger charge is 2.30. The van der Waals surface area contributed by atoms with Crippen LogP contribution in [-0.2, 0) is 65.4 Å². The summed E-state index contributed by atoms with van der Waals surface area (Å²) in [5, 5.41) is 10.6. The van der Waals surface area contributed by atoms with Gasteiger partial charge in [-0.2, -0.15) is 0 Å². The number of hydrogen-bond donors (Lipinski definition) is 3. The zero-order valence-electron chi connectivity index (χ0n) is 56.3. The number of phosphoric acid groups is 2. The summed E-state index contributed by atoms with van der Waals surface area (Å²) in [5.41, 5.74) is 0. The molecule has 0 rings (SSSR count). The number of ether oxygens (including phenoxy) is 4. The molecule has 0 saturated carbocycles. The molecule has 0 aliphatic rings. The molecule has 0 heterocycles. The first-order valence-electron chi connectivity index (χ1n) is 35.5. The lowest BCUT2D eigenvalue weighted by Crippen LogP contribution is -2.30. The van der Waals surface area contributed by atoms with Gasteiger partial charge < -0.3 is 33.8 Å². The van der Waals surface area contributed by atoms with E-state index >= 15 is 0 Å². The van der Waals surface area contributed by atoms with Gasteiger partial charge in [0.05, 0.1) is 26.4 Å². The Morgan fingerprint density at radius 2 is 0.586 bits per heavy atom. The van der Waals surface area contributed by atoms with Crippen molar-refractivity contribution in [3.05, 3.63) is 0 Å². The average molecular weight is 1280 g/mol. The van der Waals surface area contributed by atoms with Crippen LogP contribution in [0.1, 0.15) is 343 Å². The summed E-state index contributed by atoms with van der Waals surface area (Å²) in [6.07, 6.45) is 44.3. The first kappa shape index (κ1) is 85.1. The van der Waals surface area contributed by atoms with Crippen LogP contribution in [0.15, 0.2) is 0 Å². The minimum absolute atomic E-state index is 0.104. The zero-order chi connectivity index (χ0) is 64.3. The number of aliphatic hydroxyl groups excluding tert-OH is 1. The van der Waals surface area contributed by atoms with E-state index in [4.69, 9.17) is 37.0 Å². The molecule has 0 aromatic rings. The predicted molar refractivity (Wildman–Crippen MR) is 349 cm³/mol. The summed E-state index contributed by atoms with van der Waals surface area (Å²) in [5.74, 6) is -0.632. The van der Waals surface area contributed by atoms with Gasteiger partial charge in [0.15, 0.2) is 12.2 Å². The van der Waals surface area contributed by atoms with Crippen LogP contribution >= 0.6 is 15.6 Å². The number of rotatable bonds is 67. The van der Waals surface area contributed by atoms with Crippen LogP contribution in [-0.4, -0.2) is 96.7 Å². The molecule has 0 bridgehead atoms. The zero-order valence-corrected chi connectivity index (χ0v) is 58.1. The monoisotopic (exact) mass is 1280 g/mol. The SMILES string of the molecule is CCCCCCCCCCCCCCCCC(=O)O[C@H](COC(=O)CCCCCCCCCCC(C)CC)COP(=O)(O)OC[C@@H](O)COP(=O)(O)OC[C@@H](COC(=O)CCCCCCCCCCCC)OC(=O)CCCCCCCCCCC(C)C. The number of carbonyl (C=O) groups is 4. The summed E-state index contributed by atoms with van der Waals surface area (Å²) in [6.45, 7) is 9.49. The Morgan fingerprint density at radius 1 is 0.333 bits per heavy atom. The Kier molecular flexibility index (Phi) is 59.0. The van der Waals surface area contributed by atoms with E-state index in [1.165, 1.54) is 161 Å². The highest BCUT2D eigenvalue weighted by atomic mass is 31.2. The molecule has 516 valence electrons. The van der Waals surface area contributed by atoms with Crippen LogP contribution in [0, 0.1) is 11.8 Å². The van der Waals surface area contributed by atoms with Crippen molar-refractivity contribution in [3.8, 4) is 0 Å². The standard InChI is InChI=1S/C68H132O17P2/c1-7-10-12-14-16-18-20-21-22-23-25-34-40-46-52-67(72)84-63(57-79-66(71)51-45-39-33-29-27-31-37-43-49-61(6)9-3)58-82-86(74,75)80-54-62(69)55-81-87(76,77)83-59-64(56-78-65(70)50-44-38-32-24-19-17-15-13-11-8-2)85-68(73)53-47-41-35-28-26-30-36-42-48-60(4)5/h60-64,69H,7-59H2,1-6H3,(H,74,75)(H,76,77)/t61?,62-,63-,64-/m1/s1. The molecular weight excluding hydrogens is 1150 g/mol. The topological polar surface area (TPSA) is 237 Å². The molecule has 0 amide bonds. The Morgan fingerprint density at radius 3 is 0.874 bits per heavy atom. The smallest absolute Gasteiger partial charge is 0.462 e. The van der Waals surface area contributed by atoms with Gasteiger partial charge in [-0.25, -0.2) is 9.13 Å². The van der Waals surface area contributed by atoms with Crippen molar-refractivity contribution < 1.29 is 80.2 Å². The van der Waals surface area contributed by atoms with Crippen molar-refractivity contribution in [1.29, 1.82) is 0 Å². The molecule has 0 fully saturated rings. The number of esters is 4. The van der Waals surface area contributed by atoms with Gasteiger partial charge in [-0.15, -0.1) is 0 Å². The first-order chi connectivity index (χ1) is 41.9. The van der Waals surface area contributed by atoms with Crippen molar-refractivity contribution in [1.82, 2.24) is 0 Å². The van der Waals surface area contributed by atoms with Gasteiger partial charge in [0.2, 0.25) is 0 Å². The fourth-order valence-electron chi connectivity index (χ4n) is 10.2. The molecule has 0 aliphatic carbocycles. The van der Waals surface area contributed by atoms with Crippen molar-refractivity contribution in [2.24, 2.45) is 11.8 Å². The maximum absolute atomic E-state index is 13.0. The Balaban J connectivity index is 5.25. The number of unbranched alkanes of at least 4 members (excludes halogenated alkanes) is 36. The minimum atomic E-state index is -4.95. The van der Waals surface area contributed by atoms with Crippen molar-refractivity contribution in [3.63, 3.8) is 0 Å². The van der Waals surface area contributed by atoms with Gasteiger partial charge in [0.25, 0.3) is 0 Å². The summed E-state index contributed by atoms with van der Waals surface area (Å²) in [7, 11) is -9.89. The van der Waals surface area contributed by atoms with E-state index in [1.807, 2.05) is 0 Å². The summed E-state index contributed by atoms with van der Waals surface area (Å²) in [6, 6.07) is 0. The third-order valence-electron chi connectivity index (χ3n) is 16.1. The Hall–Kier alpha value is -1.94. The maximum atomic E-state index is 13.0. The summed E-state index contributed by atoms with van der Waals surface area (Å²) >= 11 is 0. The van der Waals surface area contributed by atoms with Gasteiger partial charge in [0.1, 0.15) is 19.3 Å². The van der Waals surface area contributed by atoms with Crippen molar-refractivity contribution >= 4 is 39.5 Å². The van der Waals surface area contributed by atoms with Crippen LogP contribution < -0.4 is 0 Å². The molecule has 0 radical (unpaired) electrons. The lowest BCUT2D eigenvalue weighted by Gasteiger charge is -2.21. The molecule has 6 atom stereocenters. The first-order valence-corrected chi connectivity index (χ1v) is 38.5. The summed E-state index contributed by atoms with van der Waals surface area (Å²) < 4.78 is 68.2. The normalized spacial score (nSPS) is 14.5. The minimum Gasteiger partial charge on any atom is -0.462 e. The van der Waals surface area contributed by atoms with Crippen LogP contribution in [0.5, 0.6) is 0 Å². The molecule has 3 unspecified atom stereocenters. The third kappa shape index (κ3) is 61.3. The molecular formula is C68H132O17P2. The highest BCUT2D eigenvalue weighted by Crippen LogP contribution is 2.45. The summed E-state index contributed by atoms with van der Waals surface area (Å²) in [4.78, 5) is 72.4. The molecule has 19 heteroatoms. The Bertz CT molecular complexity index is 1700. The molecule has 87 heavy (non-hydrogen) atoms. The van der Waals surface area contributed by atoms with E-state index in [0.29, 0.717) is 25.7 Å². The van der Waals surface area contributed by atoms with E-state index in [-0.39, 0.29) is 25.7 Å². The highest BCUT2D eigenvalue weighted by molar-refractivity contribution is 7.47. The number of hydrogen-bond acceptors (Lipinski definition) is 15. The lowest BCUT2D eigenvalue weighted by molar-refractivity contribution is -0.161. The molecule has 0 spiro atoms. The molecule has 3 N–H and O–H groups in total. The van der Waals surface area contributed by atoms with E-state index in [0.717, 1.165) is 102 Å². The van der Waals surface area contributed by atoms with Crippen LogP contribution in [0.25, 0.3) is 0 Å². The van der Waals surface area contributed by atoms with Gasteiger partial charge in [0, 0.05) is 25.7 Å². The fourth-order valence-corrected chi connectivity index (χ4v) is 11.8. The van der Waals surface area contributed by atoms with E-state index in [9.17, 15) is 43.2 Å². The van der Waals surface area contributed by atoms with E-state index in [2.05, 4.69) is 41.5 Å². The van der Waals surface area contributed by atoms with Crippen LogP contribution in [0.3, 0.4) is 0 Å². The number of phosphoric ester groups is 2. The van der Waals surface area contributed by atoms with E-state index in [1.54, 1.807) is 0 Å². The van der Waals surface area contributed by atoms with Gasteiger partial charge in [-0.05, 0) is 37.5 Å². The second-order valence-electron chi connectivity index (χ2n) is 25.3. The molecule has 0 saturated heterocycles. The number of carbonyl (C=O) groups excluding carboxylic acids is 4.